The normalized spacial score (nSPS) is 23.6. The first kappa shape index (κ1) is 15.6. The number of aromatic hydroxyl groups is 2. The lowest BCUT2D eigenvalue weighted by Gasteiger charge is -2.48. The van der Waals surface area contributed by atoms with E-state index >= 15 is 0 Å². The number of carbonyl (C=O) groups is 2. The molecule has 0 aromatic heterocycles. The molecule has 1 fully saturated rings. The Morgan fingerprint density at radius 2 is 2.13 bits per heavy atom. The maximum atomic E-state index is 13.5. The van der Waals surface area contributed by atoms with E-state index in [1.807, 2.05) is 0 Å². The molecule has 2 heterocycles. The van der Waals surface area contributed by atoms with E-state index in [1.54, 1.807) is 0 Å². The molecule has 2 atom stereocenters. The Kier molecular flexibility index (Phi) is 3.69. The van der Waals surface area contributed by atoms with Crippen molar-refractivity contribution in [2.24, 2.45) is 5.73 Å². The molecule has 7 nitrogen and oxygen atoms in total. The van der Waals surface area contributed by atoms with Crippen molar-refractivity contribution in [3.63, 3.8) is 0 Å². The summed E-state index contributed by atoms with van der Waals surface area (Å²) in [5.41, 5.74) is 6.22. The number of aliphatic carboxylic acids is 1. The highest BCUT2D eigenvalue weighted by Gasteiger charge is 2.51. The monoisotopic (exact) mass is 340 g/mol. The van der Waals surface area contributed by atoms with Gasteiger partial charge in [-0.05, 0) is 29.7 Å². The van der Waals surface area contributed by atoms with Gasteiger partial charge in [0.15, 0.2) is 17.3 Å². The summed E-state index contributed by atoms with van der Waals surface area (Å²) in [5, 5.41) is 27.7. The molecular formula is C14H13FN2O5S. The number of carboxylic acids is 1. The number of hydrogen-bond donors (Lipinski definition) is 4. The third kappa shape index (κ3) is 2.41. The van der Waals surface area contributed by atoms with Gasteiger partial charge in [-0.3, -0.25) is 9.69 Å². The van der Waals surface area contributed by atoms with Gasteiger partial charge in [-0.2, -0.15) is 0 Å². The molecule has 3 rings (SSSR count). The Morgan fingerprint density at radius 1 is 1.43 bits per heavy atom. The fourth-order valence-electron chi connectivity index (χ4n) is 2.70. The van der Waals surface area contributed by atoms with Crippen LogP contribution >= 0.6 is 11.8 Å². The third-order valence-corrected chi connectivity index (χ3v) is 5.17. The Morgan fingerprint density at radius 3 is 2.74 bits per heavy atom. The third-order valence-electron chi connectivity index (χ3n) is 3.81. The Hall–Kier alpha value is -2.26. The lowest BCUT2D eigenvalue weighted by atomic mass is 9.99. The molecule has 1 saturated heterocycles. The number of rotatable bonds is 3. The molecule has 1 amide bonds. The minimum Gasteiger partial charge on any atom is -0.504 e. The molecular weight excluding hydrogens is 327 g/mol. The van der Waals surface area contributed by atoms with E-state index in [9.17, 15) is 29.3 Å². The fraction of sp³-hybridized carbons (Fsp3) is 0.286. The Bertz CT molecular complexity index is 728. The number of amides is 1. The Balaban J connectivity index is 1.97. The van der Waals surface area contributed by atoms with Crippen LogP contribution in [-0.4, -0.2) is 49.3 Å². The van der Waals surface area contributed by atoms with Gasteiger partial charge in [0, 0.05) is 5.75 Å². The van der Waals surface area contributed by atoms with Crippen molar-refractivity contribution in [3.8, 4) is 11.5 Å². The van der Waals surface area contributed by atoms with Crippen molar-refractivity contribution in [2.75, 3.05) is 5.75 Å². The van der Waals surface area contributed by atoms with Crippen molar-refractivity contribution in [1.82, 2.24) is 4.90 Å². The molecule has 0 saturated carbocycles. The number of nitrogens with zero attached hydrogens (tertiary/aromatic N) is 1. The molecule has 0 bridgehead atoms. The first-order valence-electron chi connectivity index (χ1n) is 6.67. The number of thioether (sulfide) groups is 1. The second-order valence-electron chi connectivity index (χ2n) is 5.32. The second kappa shape index (κ2) is 5.43. The highest BCUT2D eigenvalue weighted by molar-refractivity contribution is 8.00. The van der Waals surface area contributed by atoms with E-state index in [0.29, 0.717) is 16.9 Å². The van der Waals surface area contributed by atoms with Crippen LogP contribution in [0.5, 0.6) is 11.5 Å². The van der Waals surface area contributed by atoms with E-state index < -0.39 is 40.6 Å². The van der Waals surface area contributed by atoms with Crippen molar-refractivity contribution in [3.05, 3.63) is 34.8 Å². The highest BCUT2D eigenvalue weighted by atomic mass is 32.2. The topological polar surface area (TPSA) is 124 Å². The van der Waals surface area contributed by atoms with Gasteiger partial charge in [-0.15, -0.1) is 11.8 Å². The van der Waals surface area contributed by atoms with E-state index in [2.05, 4.69) is 0 Å². The molecule has 5 N–H and O–H groups in total. The molecule has 2 aliphatic heterocycles. The molecule has 9 heteroatoms. The van der Waals surface area contributed by atoms with Crippen LogP contribution in [0.1, 0.15) is 5.56 Å². The number of fused-ring (bicyclic) bond motifs is 1. The van der Waals surface area contributed by atoms with Gasteiger partial charge in [-0.25, -0.2) is 9.18 Å². The van der Waals surface area contributed by atoms with Gasteiger partial charge in [0.05, 0.1) is 0 Å². The van der Waals surface area contributed by atoms with Crippen LogP contribution in [0.25, 0.3) is 0 Å². The van der Waals surface area contributed by atoms with Gasteiger partial charge in [0.25, 0.3) is 0 Å². The fourth-order valence-corrected chi connectivity index (χ4v) is 4.00. The number of halogens is 1. The number of nitrogens with two attached hydrogens (primary N) is 1. The highest BCUT2D eigenvalue weighted by Crippen LogP contribution is 2.40. The van der Waals surface area contributed by atoms with E-state index in [-0.39, 0.29) is 12.1 Å². The first-order valence-corrected chi connectivity index (χ1v) is 7.72. The lowest BCUT2D eigenvalue weighted by molar-refractivity contribution is -0.148. The van der Waals surface area contributed by atoms with Crippen molar-refractivity contribution >= 4 is 23.6 Å². The van der Waals surface area contributed by atoms with E-state index in [1.165, 1.54) is 11.8 Å². The summed E-state index contributed by atoms with van der Waals surface area (Å²) < 4.78 is 13.5. The number of benzene rings is 1. The minimum atomic E-state index is -1.26. The number of phenolic OH excluding ortho intramolecular Hbond substituents is 2. The van der Waals surface area contributed by atoms with Gasteiger partial charge in [-0.1, -0.05) is 0 Å². The van der Waals surface area contributed by atoms with Gasteiger partial charge < -0.3 is 21.1 Å². The predicted octanol–water partition coefficient (Wildman–Crippen LogP) is 0.361. The zero-order valence-electron chi connectivity index (χ0n) is 11.7. The summed E-state index contributed by atoms with van der Waals surface area (Å²) in [4.78, 5) is 24.5. The Labute approximate surface area is 134 Å². The number of hydrogen-bond acceptors (Lipinski definition) is 6. The molecule has 0 aliphatic carbocycles. The number of β-lactam (4-membered cyclic amide) rings is 1. The smallest absolute Gasteiger partial charge is 0.352 e. The molecule has 0 spiro atoms. The van der Waals surface area contributed by atoms with Crippen LogP contribution in [0.4, 0.5) is 4.39 Å². The van der Waals surface area contributed by atoms with Gasteiger partial charge in [0.2, 0.25) is 5.91 Å². The summed E-state index contributed by atoms with van der Waals surface area (Å²) in [6.07, 6.45) is 0.0329. The lowest BCUT2D eigenvalue weighted by Crippen LogP contribution is -2.68. The van der Waals surface area contributed by atoms with Crippen LogP contribution in [0.15, 0.2) is 23.4 Å². The summed E-state index contributed by atoms with van der Waals surface area (Å²) >= 11 is 1.34. The molecule has 23 heavy (non-hydrogen) atoms. The minimum absolute atomic E-state index is 0.0329. The second-order valence-corrected chi connectivity index (χ2v) is 6.42. The molecule has 1 aromatic rings. The predicted molar refractivity (Wildman–Crippen MR) is 79.2 cm³/mol. The van der Waals surface area contributed by atoms with Crippen molar-refractivity contribution in [2.45, 2.75) is 17.8 Å². The average molecular weight is 340 g/mol. The standard InChI is InChI=1S/C14H13FN2O5S/c15-7-2-5(3-8(18)11(7)19)1-6-4-23-13-9(16)12(20)17(13)10(6)14(21)22/h2-3,9,13,18-19H,1,4,16H2,(H,21,22)/t9?,13-/m0/s1. The van der Waals surface area contributed by atoms with E-state index in [4.69, 9.17) is 5.73 Å². The maximum absolute atomic E-state index is 13.5. The van der Waals surface area contributed by atoms with Crippen LogP contribution in [0.3, 0.4) is 0 Å². The summed E-state index contributed by atoms with van der Waals surface area (Å²) in [6, 6.07) is 1.46. The first-order chi connectivity index (χ1) is 10.8. The summed E-state index contributed by atoms with van der Waals surface area (Å²) in [7, 11) is 0. The maximum Gasteiger partial charge on any atom is 0.352 e. The molecule has 122 valence electrons. The van der Waals surface area contributed by atoms with Crippen molar-refractivity contribution < 1.29 is 29.3 Å². The quantitative estimate of drug-likeness (QED) is 0.462. The zero-order chi connectivity index (χ0) is 16.9. The van der Waals surface area contributed by atoms with Gasteiger partial charge in [0.1, 0.15) is 17.1 Å². The van der Waals surface area contributed by atoms with Crippen LogP contribution in [0.2, 0.25) is 0 Å². The average Bonchev–Trinajstić information content (AvgIpc) is 2.51. The number of phenols is 2. The summed E-state index contributed by atoms with van der Waals surface area (Å²) in [6.45, 7) is 0. The molecule has 0 radical (unpaired) electrons. The SMILES string of the molecule is NC1C(=O)N2C(C(=O)O)=C(Cc3cc(O)c(O)c(F)c3)CS[C@@H]12. The van der Waals surface area contributed by atoms with Gasteiger partial charge >= 0.3 is 5.97 Å². The zero-order valence-corrected chi connectivity index (χ0v) is 12.5. The largest absolute Gasteiger partial charge is 0.504 e. The van der Waals surface area contributed by atoms with E-state index in [0.717, 1.165) is 17.0 Å². The van der Waals surface area contributed by atoms with Crippen LogP contribution in [0, 0.1) is 5.82 Å². The summed E-state index contributed by atoms with van der Waals surface area (Å²) in [5.74, 6) is -3.87. The van der Waals surface area contributed by atoms with Crippen LogP contribution in [-0.2, 0) is 16.0 Å². The van der Waals surface area contributed by atoms with Crippen LogP contribution < -0.4 is 5.73 Å². The van der Waals surface area contributed by atoms with Crippen molar-refractivity contribution in [1.29, 1.82) is 0 Å². The molecule has 1 unspecified atom stereocenters. The number of carboxylic acid groups (broad SMARTS) is 1. The molecule has 2 aliphatic rings. The molecule has 1 aromatic carbocycles. The number of carbonyl (C=O) groups excluding carboxylic acids is 1.